The van der Waals surface area contributed by atoms with Gasteiger partial charge < -0.3 is 9.15 Å². The van der Waals surface area contributed by atoms with E-state index in [9.17, 15) is 14.9 Å². The predicted octanol–water partition coefficient (Wildman–Crippen LogP) is 4.50. The zero-order valence-electron chi connectivity index (χ0n) is 14.0. The molecule has 134 valence electrons. The normalized spacial score (nSPS) is 10.9. The van der Waals surface area contributed by atoms with E-state index in [4.69, 9.17) is 9.15 Å². The highest BCUT2D eigenvalue weighted by atomic mass is 32.1. The minimum absolute atomic E-state index is 0.0437. The topological polar surface area (TPSA) is 95.5 Å². The van der Waals surface area contributed by atoms with Crippen LogP contribution in [0.5, 0.6) is 5.75 Å². The molecule has 0 radical (unpaired) electrons. The van der Waals surface area contributed by atoms with Gasteiger partial charge in [-0.05, 0) is 18.2 Å². The van der Waals surface area contributed by atoms with Crippen molar-refractivity contribution in [2.45, 2.75) is 0 Å². The third-order valence-corrected chi connectivity index (χ3v) is 4.93. The molecule has 0 saturated heterocycles. The van der Waals surface area contributed by atoms with Crippen molar-refractivity contribution in [3.8, 4) is 27.6 Å². The summed E-state index contributed by atoms with van der Waals surface area (Å²) in [5, 5.41) is 13.9. The van der Waals surface area contributed by atoms with E-state index in [2.05, 4.69) is 4.98 Å². The van der Waals surface area contributed by atoms with E-state index in [1.54, 1.807) is 25.3 Å². The Morgan fingerprint density at radius 2 is 1.96 bits per heavy atom. The van der Waals surface area contributed by atoms with Gasteiger partial charge in [-0.2, -0.15) is 0 Å². The highest BCUT2D eigenvalue weighted by molar-refractivity contribution is 7.13. The number of rotatable bonds is 4. The average Bonchev–Trinajstić information content (AvgIpc) is 3.16. The largest absolute Gasteiger partial charge is 0.496 e. The van der Waals surface area contributed by atoms with Gasteiger partial charge in [0, 0.05) is 22.4 Å². The first kappa shape index (κ1) is 16.9. The van der Waals surface area contributed by atoms with Crippen LogP contribution < -0.4 is 10.4 Å². The maximum Gasteiger partial charge on any atom is 0.346 e. The van der Waals surface area contributed by atoms with Gasteiger partial charge in [-0.1, -0.05) is 24.3 Å². The second kappa shape index (κ2) is 6.65. The maximum absolute atomic E-state index is 12.4. The first-order valence-electron chi connectivity index (χ1n) is 7.89. The van der Waals surface area contributed by atoms with E-state index < -0.39 is 10.5 Å². The number of ether oxygens (including phenoxy) is 1. The van der Waals surface area contributed by atoms with Crippen LogP contribution in [-0.4, -0.2) is 17.0 Å². The van der Waals surface area contributed by atoms with Gasteiger partial charge in [0.15, 0.2) is 0 Å². The summed E-state index contributed by atoms with van der Waals surface area (Å²) in [5.74, 6) is 0.676. The lowest BCUT2D eigenvalue weighted by Crippen LogP contribution is -2.03. The second-order valence-corrected chi connectivity index (χ2v) is 6.50. The number of para-hydroxylation sites is 2. The summed E-state index contributed by atoms with van der Waals surface area (Å²) >= 11 is 1.29. The molecule has 0 aliphatic rings. The number of non-ortho nitro benzene ring substituents is 1. The molecule has 0 unspecified atom stereocenters. The summed E-state index contributed by atoms with van der Waals surface area (Å²) in [5.41, 5.74) is 0.781. The number of nitro benzene ring substituents is 1. The molecule has 27 heavy (non-hydrogen) atoms. The lowest BCUT2D eigenvalue weighted by atomic mass is 10.1. The molecule has 0 saturated carbocycles. The highest BCUT2D eigenvalue weighted by Gasteiger charge is 2.19. The fraction of sp³-hybridized carbons (Fsp3) is 0.0526. The number of benzene rings is 2. The quantitative estimate of drug-likeness (QED) is 0.294. The van der Waals surface area contributed by atoms with Crippen molar-refractivity contribution in [3.63, 3.8) is 0 Å². The molecule has 0 aliphatic carbocycles. The van der Waals surface area contributed by atoms with Crippen LogP contribution in [0, 0.1) is 10.1 Å². The van der Waals surface area contributed by atoms with Crippen LogP contribution in [-0.2, 0) is 0 Å². The number of nitro groups is 1. The van der Waals surface area contributed by atoms with Crippen molar-refractivity contribution in [3.05, 3.63) is 74.4 Å². The van der Waals surface area contributed by atoms with Crippen molar-refractivity contribution in [2.75, 3.05) is 7.11 Å². The molecule has 4 rings (SSSR count). The number of fused-ring (bicyclic) bond motifs is 1. The summed E-state index contributed by atoms with van der Waals surface area (Å²) in [6, 6.07) is 13.5. The van der Waals surface area contributed by atoms with Gasteiger partial charge in [-0.25, -0.2) is 9.78 Å². The smallest absolute Gasteiger partial charge is 0.346 e. The van der Waals surface area contributed by atoms with E-state index in [-0.39, 0.29) is 16.8 Å². The van der Waals surface area contributed by atoms with E-state index in [1.165, 1.54) is 17.4 Å². The van der Waals surface area contributed by atoms with Crippen LogP contribution in [0.4, 0.5) is 5.69 Å². The molecule has 0 atom stereocenters. The van der Waals surface area contributed by atoms with Crippen molar-refractivity contribution >= 4 is 28.0 Å². The van der Waals surface area contributed by atoms with Crippen molar-refractivity contribution in [1.82, 2.24) is 4.98 Å². The molecule has 2 heterocycles. The zero-order valence-corrected chi connectivity index (χ0v) is 14.9. The Bertz CT molecular complexity index is 1230. The summed E-state index contributed by atoms with van der Waals surface area (Å²) in [4.78, 5) is 27.5. The number of hydrogen-bond donors (Lipinski definition) is 0. The van der Waals surface area contributed by atoms with Gasteiger partial charge in [0.05, 0.1) is 23.3 Å². The van der Waals surface area contributed by atoms with Gasteiger partial charge in [-0.3, -0.25) is 10.1 Å². The van der Waals surface area contributed by atoms with Crippen LogP contribution in [0.25, 0.3) is 32.8 Å². The van der Waals surface area contributed by atoms with Crippen molar-refractivity contribution in [1.29, 1.82) is 0 Å². The fourth-order valence-corrected chi connectivity index (χ4v) is 3.62. The lowest BCUT2D eigenvalue weighted by Gasteiger charge is -2.05. The lowest BCUT2D eigenvalue weighted by molar-refractivity contribution is -0.383. The number of thiazole rings is 1. The average molecular weight is 380 g/mol. The summed E-state index contributed by atoms with van der Waals surface area (Å²) in [6.07, 6.45) is 0. The van der Waals surface area contributed by atoms with E-state index >= 15 is 0 Å². The zero-order chi connectivity index (χ0) is 19.0. The van der Waals surface area contributed by atoms with E-state index in [0.717, 1.165) is 5.56 Å². The van der Waals surface area contributed by atoms with Crippen LogP contribution in [0.3, 0.4) is 0 Å². The first-order chi connectivity index (χ1) is 13.1. The van der Waals surface area contributed by atoms with Crippen molar-refractivity contribution < 1.29 is 14.1 Å². The monoisotopic (exact) mass is 380 g/mol. The fourth-order valence-electron chi connectivity index (χ4n) is 2.80. The van der Waals surface area contributed by atoms with Crippen molar-refractivity contribution in [2.24, 2.45) is 0 Å². The highest BCUT2D eigenvalue weighted by Crippen LogP contribution is 2.34. The third kappa shape index (κ3) is 2.96. The molecule has 0 amide bonds. The molecule has 7 nitrogen and oxygen atoms in total. The standard InChI is InChI=1S/C19H12N2O5S/c1-25-16-8-3-2-6-12(16)14-10-27-18(20-14)13-9-11-5-4-7-15(21(23)24)17(11)26-19(13)22/h2-10H,1H3. The Balaban J connectivity index is 1.84. The van der Waals surface area contributed by atoms with E-state index in [1.807, 2.05) is 29.6 Å². The Kier molecular flexibility index (Phi) is 4.17. The molecule has 0 aliphatic heterocycles. The predicted molar refractivity (Wildman–Crippen MR) is 102 cm³/mol. The summed E-state index contributed by atoms with van der Waals surface area (Å²) in [7, 11) is 1.58. The molecule has 8 heteroatoms. The van der Waals surface area contributed by atoms with Gasteiger partial charge >= 0.3 is 11.3 Å². The molecular weight excluding hydrogens is 368 g/mol. The van der Waals surface area contributed by atoms with Gasteiger partial charge in [0.2, 0.25) is 5.58 Å². The van der Waals surface area contributed by atoms with E-state index in [0.29, 0.717) is 21.8 Å². The van der Waals surface area contributed by atoms with Gasteiger partial charge in [0.1, 0.15) is 10.8 Å². The van der Waals surface area contributed by atoms with Crippen LogP contribution in [0.15, 0.2) is 63.1 Å². The number of methoxy groups -OCH3 is 1. The molecule has 0 spiro atoms. The second-order valence-electron chi connectivity index (χ2n) is 5.64. The Labute approximate surface area is 156 Å². The Morgan fingerprint density at radius 3 is 2.74 bits per heavy atom. The maximum atomic E-state index is 12.4. The molecule has 0 N–H and O–H groups in total. The molecule has 0 bridgehead atoms. The minimum Gasteiger partial charge on any atom is -0.496 e. The first-order valence-corrected chi connectivity index (χ1v) is 8.77. The van der Waals surface area contributed by atoms with Crippen LogP contribution in [0.2, 0.25) is 0 Å². The SMILES string of the molecule is COc1ccccc1-c1csc(-c2cc3cccc([N+](=O)[O-])c3oc2=O)n1. The van der Waals surface area contributed by atoms with Gasteiger partial charge in [0.25, 0.3) is 0 Å². The van der Waals surface area contributed by atoms with Crippen LogP contribution >= 0.6 is 11.3 Å². The summed E-state index contributed by atoms with van der Waals surface area (Å²) < 4.78 is 10.6. The Hall–Kier alpha value is -3.52. The summed E-state index contributed by atoms with van der Waals surface area (Å²) in [6.45, 7) is 0. The molecule has 2 aromatic carbocycles. The van der Waals surface area contributed by atoms with Crippen LogP contribution in [0.1, 0.15) is 0 Å². The third-order valence-electron chi connectivity index (χ3n) is 4.05. The number of nitrogens with zero attached hydrogens (tertiary/aromatic N) is 2. The van der Waals surface area contributed by atoms with Gasteiger partial charge in [-0.15, -0.1) is 11.3 Å². The molecule has 2 aromatic heterocycles. The molecule has 4 aromatic rings. The minimum atomic E-state index is -0.669. The Morgan fingerprint density at radius 1 is 1.15 bits per heavy atom. The molecule has 0 fully saturated rings. The molecular formula is C19H12N2O5S. The number of aromatic nitrogens is 1. The number of hydrogen-bond acceptors (Lipinski definition) is 7.